The maximum Gasteiger partial charge on any atom is 0.191 e. The SMILES string of the molecule is CN=C(NCc1ccnc(N2CCCC2)c1)NCC(C)c1ccccc1. The number of aliphatic imine (C=N–C) groups is 1. The lowest BCUT2D eigenvalue weighted by molar-refractivity contribution is 0.699. The van der Waals surface area contributed by atoms with Crippen LogP contribution >= 0.6 is 0 Å². The Kier molecular flexibility index (Phi) is 6.47. The molecule has 0 radical (unpaired) electrons. The van der Waals surface area contributed by atoms with Gasteiger partial charge in [-0.15, -0.1) is 0 Å². The molecule has 2 heterocycles. The third-order valence-electron chi connectivity index (χ3n) is 4.87. The molecule has 5 nitrogen and oxygen atoms in total. The smallest absolute Gasteiger partial charge is 0.191 e. The van der Waals surface area contributed by atoms with E-state index in [0.29, 0.717) is 5.92 Å². The molecular weight excluding hydrogens is 322 g/mol. The predicted molar refractivity (Wildman–Crippen MR) is 109 cm³/mol. The first-order valence-corrected chi connectivity index (χ1v) is 9.45. The fourth-order valence-electron chi connectivity index (χ4n) is 3.25. The molecule has 0 saturated carbocycles. The summed E-state index contributed by atoms with van der Waals surface area (Å²) in [6, 6.07) is 14.8. The molecule has 0 spiro atoms. The van der Waals surface area contributed by atoms with Crippen molar-refractivity contribution in [2.45, 2.75) is 32.2 Å². The summed E-state index contributed by atoms with van der Waals surface area (Å²) in [4.78, 5) is 11.2. The van der Waals surface area contributed by atoms with Gasteiger partial charge in [-0.1, -0.05) is 37.3 Å². The standard InChI is InChI=1S/C21H29N5/c1-17(19-8-4-3-5-9-19)15-24-21(22-2)25-16-18-10-11-23-20(14-18)26-12-6-7-13-26/h3-5,8-11,14,17H,6-7,12-13,15-16H2,1-2H3,(H2,22,24,25). The molecule has 138 valence electrons. The molecule has 2 N–H and O–H groups in total. The number of benzene rings is 1. The van der Waals surface area contributed by atoms with Gasteiger partial charge < -0.3 is 15.5 Å². The first-order chi connectivity index (χ1) is 12.8. The highest BCUT2D eigenvalue weighted by Gasteiger charge is 2.13. The number of hydrogen-bond donors (Lipinski definition) is 2. The zero-order valence-corrected chi connectivity index (χ0v) is 15.8. The van der Waals surface area contributed by atoms with E-state index in [-0.39, 0.29) is 0 Å². The van der Waals surface area contributed by atoms with E-state index in [1.54, 1.807) is 0 Å². The summed E-state index contributed by atoms with van der Waals surface area (Å²) < 4.78 is 0. The molecule has 3 rings (SSSR count). The Labute approximate surface area is 156 Å². The number of guanidine groups is 1. The Balaban J connectivity index is 1.50. The summed E-state index contributed by atoms with van der Waals surface area (Å²) >= 11 is 0. The van der Waals surface area contributed by atoms with Gasteiger partial charge in [0, 0.05) is 39.4 Å². The second-order valence-electron chi connectivity index (χ2n) is 6.83. The third-order valence-corrected chi connectivity index (χ3v) is 4.87. The van der Waals surface area contributed by atoms with Crippen LogP contribution < -0.4 is 15.5 Å². The molecule has 1 saturated heterocycles. The lowest BCUT2D eigenvalue weighted by Crippen LogP contribution is -2.38. The summed E-state index contributed by atoms with van der Waals surface area (Å²) in [7, 11) is 1.81. The first-order valence-electron chi connectivity index (χ1n) is 9.45. The van der Waals surface area contributed by atoms with Gasteiger partial charge in [0.25, 0.3) is 0 Å². The fourth-order valence-corrected chi connectivity index (χ4v) is 3.25. The minimum Gasteiger partial charge on any atom is -0.357 e. The molecule has 5 heteroatoms. The number of hydrogen-bond acceptors (Lipinski definition) is 3. The van der Waals surface area contributed by atoms with Crippen LogP contribution in [0, 0.1) is 0 Å². The van der Waals surface area contributed by atoms with Crippen LogP contribution in [0.3, 0.4) is 0 Å². The van der Waals surface area contributed by atoms with Gasteiger partial charge in [-0.25, -0.2) is 4.98 Å². The monoisotopic (exact) mass is 351 g/mol. The summed E-state index contributed by atoms with van der Waals surface area (Å²) in [5.74, 6) is 2.34. The van der Waals surface area contributed by atoms with Gasteiger partial charge in [-0.2, -0.15) is 0 Å². The Hall–Kier alpha value is -2.56. The molecule has 1 unspecified atom stereocenters. The van der Waals surface area contributed by atoms with Gasteiger partial charge >= 0.3 is 0 Å². The molecule has 0 amide bonds. The largest absolute Gasteiger partial charge is 0.357 e. The van der Waals surface area contributed by atoms with E-state index >= 15 is 0 Å². The van der Waals surface area contributed by atoms with E-state index in [2.05, 4.69) is 74.9 Å². The Bertz CT molecular complexity index is 707. The fraction of sp³-hybridized carbons (Fsp3) is 0.429. The highest BCUT2D eigenvalue weighted by atomic mass is 15.2. The van der Waals surface area contributed by atoms with E-state index < -0.39 is 0 Å². The maximum absolute atomic E-state index is 4.51. The number of pyridine rings is 1. The van der Waals surface area contributed by atoms with Crippen molar-refractivity contribution >= 4 is 11.8 Å². The van der Waals surface area contributed by atoms with E-state index in [9.17, 15) is 0 Å². The van der Waals surface area contributed by atoms with Crippen molar-refractivity contribution in [2.24, 2.45) is 4.99 Å². The minimum atomic E-state index is 0.428. The minimum absolute atomic E-state index is 0.428. The number of rotatable bonds is 6. The Morgan fingerprint density at radius 2 is 1.92 bits per heavy atom. The average molecular weight is 351 g/mol. The van der Waals surface area contributed by atoms with Gasteiger partial charge in [-0.05, 0) is 42.0 Å². The summed E-state index contributed by atoms with van der Waals surface area (Å²) in [5.41, 5.74) is 2.56. The summed E-state index contributed by atoms with van der Waals surface area (Å²) in [6.07, 6.45) is 4.43. The molecule has 0 bridgehead atoms. The molecule has 1 aromatic carbocycles. The topological polar surface area (TPSA) is 52.6 Å². The van der Waals surface area contributed by atoms with Crippen LogP contribution in [0.2, 0.25) is 0 Å². The molecule has 1 aliphatic rings. The number of aromatic nitrogens is 1. The van der Waals surface area contributed by atoms with Crippen LogP contribution in [0.1, 0.15) is 36.8 Å². The molecule has 26 heavy (non-hydrogen) atoms. The third kappa shape index (κ3) is 4.97. The van der Waals surface area contributed by atoms with Gasteiger partial charge in [0.15, 0.2) is 5.96 Å². The number of nitrogens with zero attached hydrogens (tertiary/aromatic N) is 3. The zero-order chi connectivity index (χ0) is 18.2. The van der Waals surface area contributed by atoms with Crippen molar-refractivity contribution in [3.05, 3.63) is 59.8 Å². The van der Waals surface area contributed by atoms with Crippen LogP contribution in [-0.2, 0) is 6.54 Å². The van der Waals surface area contributed by atoms with Crippen LogP contribution in [0.15, 0.2) is 53.7 Å². The van der Waals surface area contributed by atoms with Crippen molar-refractivity contribution < 1.29 is 0 Å². The number of anilines is 1. The van der Waals surface area contributed by atoms with Crippen LogP contribution in [0.25, 0.3) is 0 Å². The molecule has 1 aromatic heterocycles. The molecule has 1 aliphatic heterocycles. The summed E-state index contributed by atoms with van der Waals surface area (Å²) in [5, 5.41) is 6.82. The van der Waals surface area contributed by atoms with E-state index in [1.165, 1.54) is 24.0 Å². The lowest BCUT2D eigenvalue weighted by Gasteiger charge is -2.18. The van der Waals surface area contributed by atoms with Gasteiger partial charge in [0.2, 0.25) is 0 Å². The Morgan fingerprint density at radius 1 is 1.15 bits per heavy atom. The molecular formula is C21H29N5. The van der Waals surface area contributed by atoms with Gasteiger partial charge in [0.1, 0.15) is 5.82 Å². The van der Waals surface area contributed by atoms with E-state index in [1.807, 2.05) is 13.2 Å². The average Bonchev–Trinajstić information content (AvgIpc) is 3.24. The van der Waals surface area contributed by atoms with Crippen molar-refractivity contribution in [3.8, 4) is 0 Å². The van der Waals surface area contributed by atoms with E-state index in [4.69, 9.17) is 0 Å². The molecule has 1 fully saturated rings. The molecule has 2 aromatic rings. The summed E-state index contributed by atoms with van der Waals surface area (Å²) in [6.45, 7) is 6.04. The first kappa shape index (κ1) is 18.2. The normalized spacial score (nSPS) is 15.8. The quantitative estimate of drug-likeness (QED) is 0.620. The van der Waals surface area contributed by atoms with Crippen LogP contribution in [0.4, 0.5) is 5.82 Å². The van der Waals surface area contributed by atoms with Crippen molar-refractivity contribution in [3.63, 3.8) is 0 Å². The highest BCUT2D eigenvalue weighted by molar-refractivity contribution is 5.79. The molecule has 1 atom stereocenters. The lowest BCUT2D eigenvalue weighted by atomic mass is 10.0. The maximum atomic E-state index is 4.51. The highest BCUT2D eigenvalue weighted by Crippen LogP contribution is 2.18. The zero-order valence-electron chi connectivity index (χ0n) is 15.8. The Morgan fingerprint density at radius 3 is 2.65 bits per heavy atom. The second kappa shape index (κ2) is 9.22. The predicted octanol–water partition coefficient (Wildman–Crippen LogP) is 3.15. The second-order valence-corrected chi connectivity index (χ2v) is 6.83. The number of nitrogens with one attached hydrogen (secondary N) is 2. The van der Waals surface area contributed by atoms with Crippen LogP contribution in [-0.4, -0.2) is 37.6 Å². The van der Waals surface area contributed by atoms with Gasteiger partial charge in [-0.3, -0.25) is 4.99 Å². The van der Waals surface area contributed by atoms with E-state index in [0.717, 1.165) is 38.0 Å². The molecule has 0 aliphatic carbocycles. The van der Waals surface area contributed by atoms with Crippen molar-refractivity contribution in [1.29, 1.82) is 0 Å². The van der Waals surface area contributed by atoms with Gasteiger partial charge in [0.05, 0.1) is 0 Å². The van der Waals surface area contributed by atoms with Crippen LogP contribution in [0.5, 0.6) is 0 Å². The van der Waals surface area contributed by atoms with Crippen molar-refractivity contribution in [1.82, 2.24) is 15.6 Å². The van der Waals surface area contributed by atoms with Crippen molar-refractivity contribution in [2.75, 3.05) is 31.6 Å².